The smallest absolute Gasteiger partial charge is 0.271 e. The topological polar surface area (TPSA) is 112 Å². The first-order valence-electron chi connectivity index (χ1n) is 11.3. The zero-order valence-corrected chi connectivity index (χ0v) is 20.7. The molecule has 0 fully saturated rings. The number of hydrogen-bond acceptors (Lipinski definition) is 7. The molecule has 0 radical (unpaired) electrons. The monoisotopic (exact) mass is 511 g/mol. The Kier molecular flexibility index (Phi) is 9.64. The molecule has 0 bridgehead atoms. The quantitative estimate of drug-likeness (QED) is 0.187. The minimum absolute atomic E-state index is 0.00492. The molecule has 36 heavy (non-hydrogen) atoms. The average Bonchev–Trinajstić information content (AvgIpc) is 2.87. The van der Waals surface area contributed by atoms with Crippen LogP contribution in [-0.2, 0) is 6.61 Å². The Morgan fingerprint density at radius 2 is 1.75 bits per heavy atom. The summed E-state index contributed by atoms with van der Waals surface area (Å²) >= 11 is 6.12. The van der Waals surface area contributed by atoms with Crippen LogP contribution in [0.1, 0.15) is 41.8 Å². The molecule has 188 valence electrons. The van der Waals surface area contributed by atoms with Crippen LogP contribution in [0.4, 0.5) is 5.69 Å². The predicted octanol–water partition coefficient (Wildman–Crippen LogP) is 5.78. The molecule has 3 aromatic rings. The van der Waals surface area contributed by atoms with E-state index in [2.05, 4.69) is 10.5 Å². The number of ether oxygens (including phenoxy) is 3. The third-order valence-electron chi connectivity index (χ3n) is 4.85. The molecular weight excluding hydrogens is 486 g/mol. The van der Waals surface area contributed by atoms with E-state index >= 15 is 0 Å². The third-order valence-corrected chi connectivity index (χ3v) is 5.09. The standard InChI is InChI=1S/C26H26ClN3O6/c1-3-13-35-24-11-7-19(15-25(24)34-4-2)26(31)29-28-16-20-14-21(27)8-12-23(20)36-17-18-5-9-22(10-6-18)30(32)33/h5-12,14-16H,3-4,13,17H2,1-2H3,(H,29,31)/b28-16+. The SMILES string of the molecule is CCCOc1ccc(C(=O)N/N=C/c2cc(Cl)ccc2OCc2ccc([N+](=O)[O-])cc2)cc1OCC. The molecule has 0 atom stereocenters. The molecule has 0 aromatic heterocycles. The van der Waals surface area contributed by atoms with Gasteiger partial charge in [0.2, 0.25) is 0 Å². The molecule has 3 aromatic carbocycles. The fourth-order valence-electron chi connectivity index (χ4n) is 3.10. The summed E-state index contributed by atoms with van der Waals surface area (Å²) in [6, 6.07) is 16.0. The van der Waals surface area contributed by atoms with E-state index in [0.717, 1.165) is 12.0 Å². The van der Waals surface area contributed by atoms with Gasteiger partial charge in [-0.15, -0.1) is 0 Å². The zero-order valence-electron chi connectivity index (χ0n) is 19.9. The maximum Gasteiger partial charge on any atom is 0.271 e. The number of non-ortho nitro benzene ring substituents is 1. The Bertz CT molecular complexity index is 1230. The minimum atomic E-state index is -0.459. The number of amides is 1. The van der Waals surface area contributed by atoms with Crippen LogP contribution in [0.2, 0.25) is 5.02 Å². The van der Waals surface area contributed by atoms with Gasteiger partial charge < -0.3 is 14.2 Å². The molecule has 0 aliphatic carbocycles. The van der Waals surface area contributed by atoms with Crippen molar-refractivity contribution >= 4 is 29.4 Å². The number of carbonyl (C=O) groups excluding carboxylic acids is 1. The highest BCUT2D eigenvalue weighted by Crippen LogP contribution is 2.29. The summed E-state index contributed by atoms with van der Waals surface area (Å²) in [5.74, 6) is 1.11. The summed E-state index contributed by atoms with van der Waals surface area (Å²) in [6.07, 6.45) is 2.28. The number of benzene rings is 3. The van der Waals surface area contributed by atoms with E-state index < -0.39 is 10.8 Å². The second-order valence-electron chi connectivity index (χ2n) is 7.54. The number of nitrogens with one attached hydrogen (secondary N) is 1. The fraction of sp³-hybridized carbons (Fsp3) is 0.231. The van der Waals surface area contributed by atoms with Gasteiger partial charge in [-0.2, -0.15) is 5.10 Å². The number of nitro groups is 1. The summed E-state index contributed by atoms with van der Waals surface area (Å²) in [6.45, 7) is 5.02. The van der Waals surface area contributed by atoms with Crippen molar-refractivity contribution in [3.63, 3.8) is 0 Å². The lowest BCUT2D eigenvalue weighted by molar-refractivity contribution is -0.384. The molecule has 1 N–H and O–H groups in total. The molecule has 9 nitrogen and oxygen atoms in total. The first-order valence-corrected chi connectivity index (χ1v) is 11.7. The lowest BCUT2D eigenvalue weighted by atomic mass is 10.2. The Hall–Kier alpha value is -4.11. The Morgan fingerprint density at radius 1 is 1.00 bits per heavy atom. The van der Waals surface area contributed by atoms with Crippen LogP contribution in [0, 0.1) is 10.1 Å². The summed E-state index contributed by atoms with van der Waals surface area (Å²) in [4.78, 5) is 23.0. The van der Waals surface area contributed by atoms with Crippen LogP contribution >= 0.6 is 11.6 Å². The van der Waals surface area contributed by atoms with Gasteiger partial charge in [0.15, 0.2) is 11.5 Å². The normalized spacial score (nSPS) is 10.8. The predicted molar refractivity (Wildman–Crippen MR) is 137 cm³/mol. The lowest BCUT2D eigenvalue weighted by Crippen LogP contribution is -2.18. The van der Waals surface area contributed by atoms with Gasteiger partial charge in [0.1, 0.15) is 12.4 Å². The maximum absolute atomic E-state index is 12.6. The molecule has 1 amide bonds. The van der Waals surface area contributed by atoms with E-state index in [4.69, 9.17) is 25.8 Å². The number of rotatable bonds is 12. The average molecular weight is 512 g/mol. The summed E-state index contributed by atoms with van der Waals surface area (Å²) in [7, 11) is 0. The number of halogens is 1. The van der Waals surface area contributed by atoms with Gasteiger partial charge in [0, 0.05) is 28.3 Å². The highest BCUT2D eigenvalue weighted by atomic mass is 35.5. The number of nitro benzene ring substituents is 1. The molecule has 0 aliphatic rings. The molecule has 0 aliphatic heterocycles. The van der Waals surface area contributed by atoms with Crippen molar-refractivity contribution in [2.75, 3.05) is 13.2 Å². The fourth-order valence-corrected chi connectivity index (χ4v) is 3.28. The number of carbonyl (C=O) groups is 1. The van der Waals surface area contributed by atoms with Crippen LogP contribution in [0.25, 0.3) is 0 Å². The van der Waals surface area contributed by atoms with Crippen molar-refractivity contribution in [3.05, 3.63) is 92.5 Å². The Labute approximate surface area is 213 Å². The van der Waals surface area contributed by atoms with Crippen LogP contribution < -0.4 is 19.6 Å². The van der Waals surface area contributed by atoms with Crippen molar-refractivity contribution in [2.45, 2.75) is 26.9 Å². The third kappa shape index (κ3) is 7.44. The molecule has 0 saturated heterocycles. The largest absolute Gasteiger partial charge is 0.490 e. The van der Waals surface area contributed by atoms with E-state index in [1.165, 1.54) is 18.3 Å². The van der Waals surface area contributed by atoms with Crippen LogP contribution in [0.15, 0.2) is 65.8 Å². The molecule has 0 saturated carbocycles. The van der Waals surface area contributed by atoms with Crippen LogP contribution in [0.5, 0.6) is 17.2 Å². The van der Waals surface area contributed by atoms with Gasteiger partial charge in [-0.3, -0.25) is 14.9 Å². The highest BCUT2D eigenvalue weighted by Gasteiger charge is 2.12. The molecule has 0 unspecified atom stereocenters. The van der Waals surface area contributed by atoms with Crippen molar-refractivity contribution in [2.24, 2.45) is 5.10 Å². The van der Waals surface area contributed by atoms with Gasteiger partial charge in [0.05, 0.1) is 24.4 Å². The van der Waals surface area contributed by atoms with E-state index in [1.807, 2.05) is 13.8 Å². The first-order chi connectivity index (χ1) is 17.4. The number of hydrazone groups is 1. The maximum atomic E-state index is 12.6. The van der Waals surface area contributed by atoms with Crippen LogP contribution in [-0.4, -0.2) is 30.3 Å². The Balaban J connectivity index is 1.68. The molecule has 0 heterocycles. The van der Waals surface area contributed by atoms with E-state index in [-0.39, 0.29) is 12.3 Å². The van der Waals surface area contributed by atoms with Gasteiger partial charge in [-0.05, 0) is 67.4 Å². The van der Waals surface area contributed by atoms with Gasteiger partial charge >= 0.3 is 0 Å². The lowest BCUT2D eigenvalue weighted by Gasteiger charge is -2.12. The Morgan fingerprint density at radius 3 is 2.44 bits per heavy atom. The van der Waals surface area contributed by atoms with Crippen molar-refractivity contribution in [1.29, 1.82) is 0 Å². The van der Waals surface area contributed by atoms with Crippen molar-refractivity contribution < 1.29 is 23.9 Å². The molecular formula is C26H26ClN3O6. The minimum Gasteiger partial charge on any atom is -0.490 e. The van der Waals surface area contributed by atoms with Crippen molar-refractivity contribution in [3.8, 4) is 17.2 Å². The molecule has 10 heteroatoms. The van der Waals surface area contributed by atoms with Gasteiger partial charge in [-0.1, -0.05) is 18.5 Å². The molecule has 0 spiro atoms. The highest BCUT2D eigenvalue weighted by molar-refractivity contribution is 6.30. The van der Waals surface area contributed by atoms with E-state index in [1.54, 1.807) is 48.5 Å². The van der Waals surface area contributed by atoms with Gasteiger partial charge in [-0.25, -0.2) is 5.43 Å². The first kappa shape index (κ1) is 26.5. The van der Waals surface area contributed by atoms with Gasteiger partial charge in [0.25, 0.3) is 11.6 Å². The van der Waals surface area contributed by atoms with E-state index in [0.29, 0.717) is 46.6 Å². The van der Waals surface area contributed by atoms with Crippen LogP contribution in [0.3, 0.4) is 0 Å². The van der Waals surface area contributed by atoms with E-state index in [9.17, 15) is 14.9 Å². The second kappa shape index (κ2) is 13.1. The summed E-state index contributed by atoms with van der Waals surface area (Å²) in [5.41, 5.74) is 4.15. The number of hydrogen-bond donors (Lipinski definition) is 1. The zero-order chi connectivity index (χ0) is 25.9. The number of nitrogens with zero attached hydrogens (tertiary/aromatic N) is 2. The second-order valence-corrected chi connectivity index (χ2v) is 7.97. The van der Waals surface area contributed by atoms with Crippen molar-refractivity contribution in [1.82, 2.24) is 5.43 Å². The summed E-state index contributed by atoms with van der Waals surface area (Å²) in [5, 5.41) is 15.3. The molecule has 3 rings (SSSR count). The summed E-state index contributed by atoms with van der Waals surface area (Å²) < 4.78 is 17.1.